The van der Waals surface area contributed by atoms with E-state index in [-0.39, 0.29) is 0 Å². The lowest BCUT2D eigenvalue weighted by Crippen LogP contribution is -2.06. The molecule has 18 heavy (non-hydrogen) atoms. The van der Waals surface area contributed by atoms with Gasteiger partial charge in [0.25, 0.3) is 0 Å². The number of ether oxygens (including phenoxy) is 1. The quantitative estimate of drug-likeness (QED) is 0.864. The lowest BCUT2D eigenvalue weighted by Gasteiger charge is -2.21. The highest BCUT2D eigenvalue weighted by Crippen LogP contribution is 2.38. The van der Waals surface area contributed by atoms with Gasteiger partial charge in [0.05, 0.1) is 13.2 Å². The molecular formula is C15H23BrO2. The Morgan fingerprint density at radius 2 is 1.89 bits per heavy atom. The van der Waals surface area contributed by atoms with Crippen LogP contribution in [0, 0.1) is 19.8 Å². The fourth-order valence-electron chi connectivity index (χ4n) is 2.18. The smallest absolute Gasteiger partial charge is 0.127 e. The second-order valence-corrected chi connectivity index (χ2v) is 6.09. The Labute approximate surface area is 118 Å². The van der Waals surface area contributed by atoms with Crippen LogP contribution < -0.4 is 4.74 Å². The minimum atomic E-state index is -0.460. The van der Waals surface area contributed by atoms with Gasteiger partial charge in [-0.05, 0) is 49.8 Å². The predicted molar refractivity (Wildman–Crippen MR) is 79.2 cm³/mol. The number of hydrogen-bond donors (Lipinski definition) is 1. The largest absolute Gasteiger partial charge is 0.496 e. The highest BCUT2D eigenvalue weighted by atomic mass is 79.9. The van der Waals surface area contributed by atoms with Crippen LogP contribution in [0.5, 0.6) is 5.75 Å². The average molecular weight is 315 g/mol. The molecule has 1 aromatic rings. The molecule has 2 nitrogen and oxygen atoms in total. The van der Waals surface area contributed by atoms with Crippen LogP contribution in [0.1, 0.15) is 49.5 Å². The van der Waals surface area contributed by atoms with E-state index in [0.717, 1.165) is 39.8 Å². The summed E-state index contributed by atoms with van der Waals surface area (Å²) in [6.07, 6.45) is 1.32. The first-order chi connectivity index (χ1) is 8.38. The maximum Gasteiger partial charge on any atom is 0.127 e. The second-order valence-electron chi connectivity index (χ2n) is 5.23. The normalized spacial score (nSPS) is 12.9. The van der Waals surface area contributed by atoms with Crippen LogP contribution in [0.3, 0.4) is 0 Å². The first-order valence-electron chi connectivity index (χ1n) is 6.40. The van der Waals surface area contributed by atoms with Gasteiger partial charge in [-0.1, -0.05) is 29.8 Å². The summed E-state index contributed by atoms with van der Waals surface area (Å²) >= 11 is 3.54. The predicted octanol–water partition coefficient (Wildman–Crippen LogP) is 4.54. The lowest BCUT2D eigenvalue weighted by atomic mass is 9.94. The van der Waals surface area contributed by atoms with Gasteiger partial charge in [0.2, 0.25) is 0 Å². The minimum Gasteiger partial charge on any atom is -0.496 e. The van der Waals surface area contributed by atoms with E-state index in [1.165, 1.54) is 0 Å². The van der Waals surface area contributed by atoms with Crippen LogP contribution in [0.4, 0.5) is 0 Å². The molecule has 0 aromatic heterocycles. The van der Waals surface area contributed by atoms with Gasteiger partial charge in [-0.15, -0.1) is 0 Å². The summed E-state index contributed by atoms with van der Waals surface area (Å²) in [7, 11) is 1.66. The standard InChI is InChI=1S/C15H23BrO2/c1-9(2)6-7-13(17)14-11(4)12(16)8-10(3)15(14)18-5/h8-9,13,17H,6-7H2,1-5H3. The zero-order valence-electron chi connectivity index (χ0n) is 11.9. The first-order valence-corrected chi connectivity index (χ1v) is 7.19. The molecule has 0 aliphatic rings. The monoisotopic (exact) mass is 314 g/mol. The molecule has 0 radical (unpaired) electrons. The maximum absolute atomic E-state index is 10.4. The molecule has 1 aromatic carbocycles. The van der Waals surface area contributed by atoms with E-state index in [2.05, 4.69) is 29.8 Å². The molecule has 102 valence electrons. The molecule has 0 saturated heterocycles. The average Bonchev–Trinajstić information content (AvgIpc) is 2.30. The Hall–Kier alpha value is -0.540. The van der Waals surface area contributed by atoms with E-state index in [1.54, 1.807) is 7.11 Å². The molecule has 1 N–H and O–H groups in total. The molecule has 0 saturated carbocycles. The van der Waals surface area contributed by atoms with Gasteiger partial charge < -0.3 is 9.84 Å². The molecule has 0 heterocycles. The summed E-state index contributed by atoms with van der Waals surface area (Å²) in [5.74, 6) is 1.41. The third kappa shape index (κ3) is 3.48. The Morgan fingerprint density at radius 1 is 1.28 bits per heavy atom. The Morgan fingerprint density at radius 3 is 2.39 bits per heavy atom. The number of aliphatic hydroxyl groups is 1. The van der Waals surface area contributed by atoms with Gasteiger partial charge >= 0.3 is 0 Å². The number of aryl methyl sites for hydroxylation is 1. The van der Waals surface area contributed by atoms with Gasteiger partial charge in [-0.3, -0.25) is 0 Å². The number of halogens is 1. The molecule has 0 amide bonds. The van der Waals surface area contributed by atoms with Crippen molar-refractivity contribution in [1.82, 2.24) is 0 Å². The van der Waals surface area contributed by atoms with Crippen molar-refractivity contribution in [2.45, 2.75) is 46.6 Å². The van der Waals surface area contributed by atoms with Crippen LogP contribution in [0.25, 0.3) is 0 Å². The molecule has 1 rings (SSSR count). The number of benzene rings is 1. The van der Waals surface area contributed by atoms with Gasteiger partial charge in [0.15, 0.2) is 0 Å². The van der Waals surface area contributed by atoms with E-state index in [9.17, 15) is 5.11 Å². The maximum atomic E-state index is 10.4. The van der Waals surface area contributed by atoms with Gasteiger partial charge in [-0.25, -0.2) is 0 Å². The van der Waals surface area contributed by atoms with Crippen molar-refractivity contribution in [3.63, 3.8) is 0 Å². The van der Waals surface area contributed by atoms with E-state index in [4.69, 9.17) is 4.74 Å². The van der Waals surface area contributed by atoms with Crippen molar-refractivity contribution in [3.05, 3.63) is 27.2 Å². The number of rotatable bonds is 5. The summed E-state index contributed by atoms with van der Waals surface area (Å²) in [6.45, 7) is 8.35. The van der Waals surface area contributed by atoms with Gasteiger partial charge in [0.1, 0.15) is 5.75 Å². The van der Waals surface area contributed by atoms with Crippen molar-refractivity contribution >= 4 is 15.9 Å². The molecule has 3 heteroatoms. The molecule has 0 spiro atoms. The number of methoxy groups -OCH3 is 1. The zero-order valence-corrected chi connectivity index (χ0v) is 13.5. The van der Waals surface area contributed by atoms with Crippen LogP contribution in [0.2, 0.25) is 0 Å². The summed E-state index contributed by atoms with van der Waals surface area (Å²) in [5.41, 5.74) is 3.03. The van der Waals surface area contributed by atoms with Gasteiger partial charge in [-0.2, -0.15) is 0 Å². The summed E-state index contributed by atoms with van der Waals surface area (Å²) < 4.78 is 6.49. The van der Waals surface area contributed by atoms with Crippen molar-refractivity contribution in [2.24, 2.45) is 5.92 Å². The van der Waals surface area contributed by atoms with E-state index in [1.807, 2.05) is 19.9 Å². The second kappa shape index (κ2) is 6.58. The molecule has 0 aliphatic heterocycles. The molecule has 0 aliphatic carbocycles. The van der Waals surface area contributed by atoms with Crippen molar-refractivity contribution in [3.8, 4) is 5.75 Å². The third-order valence-electron chi connectivity index (χ3n) is 3.26. The van der Waals surface area contributed by atoms with Crippen LogP contribution >= 0.6 is 15.9 Å². The van der Waals surface area contributed by atoms with Gasteiger partial charge in [0, 0.05) is 10.0 Å². The van der Waals surface area contributed by atoms with Crippen LogP contribution in [0.15, 0.2) is 10.5 Å². The summed E-state index contributed by atoms with van der Waals surface area (Å²) in [5, 5.41) is 10.4. The fraction of sp³-hybridized carbons (Fsp3) is 0.600. The SMILES string of the molecule is COc1c(C)cc(Br)c(C)c1C(O)CCC(C)C. The van der Waals surface area contributed by atoms with E-state index < -0.39 is 6.10 Å². The molecule has 1 unspecified atom stereocenters. The topological polar surface area (TPSA) is 29.5 Å². The first kappa shape index (κ1) is 15.5. The fourth-order valence-corrected chi connectivity index (χ4v) is 2.74. The molecule has 0 fully saturated rings. The Kier molecular flexibility index (Phi) is 5.67. The molecule has 0 bridgehead atoms. The third-order valence-corrected chi connectivity index (χ3v) is 4.09. The van der Waals surface area contributed by atoms with Crippen molar-refractivity contribution < 1.29 is 9.84 Å². The van der Waals surface area contributed by atoms with E-state index >= 15 is 0 Å². The lowest BCUT2D eigenvalue weighted by molar-refractivity contribution is 0.154. The Bertz CT molecular complexity index is 413. The number of aliphatic hydroxyl groups excluding tert-OH is 1. The summed E-state index contributed by atoms with van der Waals surface area (Å²) in [6, 6.07) is 2.03. The molecule has 1 atom stereocenters. The highest BCUT2D eigenvalue weighted by molar-refractivity contribution is 9.10. The summed E-state index contributed by atoms with van der Waals surface area (Å²) in [4.78, 5) is 0. The van der Waals surface area contributed by atoms with Crippen LogP contribution in [-0.2, 0) is 0 Å². The zero-order chi connectivity index (χ0) is 13.9. The van der Waals surface area contributed by atoms with E-state index in [0.29, 0.717) is 5.92 Å². The Balaban J connectivity index is 3.12. The molecular weight excluding hydrogens is 292 g/mol. The number of hydrogen-bond acceptors (Lipinski definition) is 2. The van der Waals surface area contributed by atoms with Crippen molar-refractivity contribution in [2.75, 3.05) is 7.11 Å². The minimum absolute atomic E-state index is 0.460. The van der Waals surface area contributed by atoms with Crippen LogP contribution in [-0.4, -0.2) is 12.2 Å². The van der Waals surface area contributed by atoms with Crippen molar-refractivity contribution in [1.29, 1.82) is 0 Å². The highest BCUT2D eigenvalue weighted by Gasteiger charge is 2.20.